The van der Waals surface area contributed by atoms with E-state index in [0.717, 1.165) is 31.5 Å². The number of anilines is 1. The molecule has 1 aromatic carbocycles. The van der Waals surface area contributed by atoms with Crippen molar-refractivity contribution in [1.29, 1.82) is 0 Å². The molecule has 98 valence electrons. The van der Waals surface area contributed by atoms with Crippen LogP contribution in [0, 0.1) is 0 Å². The van der Waals surface area contributed by atoms with E-state index in [2.05, 4.69) is 17.3 Å². The van der Waals surface area contributed by atoms with Crippen LogP contribution in [-0.4, -0.2) is 37.0 Å². The molecule has 1 fully saturated rings. The van der Waals surface area contributed by atoms with E-state index in [1.165, 1.54) is 0 Å². The Kier molecular flexibility index (Phi) is 4.20. The normalized spacial score (nSPS) is 20.6. The number of nitrogen functional groups attached to an aromatic ring is 1. The van der Waals surface area contributed by atoms with Crippen LogP contribution in [0.2, 0.25) is 0 Å². The van der Waals surface area contributed by atoms with Gasteiger partial charge in [0.25, 0.3) is 0 Å². The molecule has 0 radical (unpaired) electrons. The Morgan fingerprint density at radius 3 is 3.00 bits per heavy atom. The first-order chi connectivity index (χ1) is 8.65. The van der Waals surface area contributed by atoms with E-state index in [1.807, 2.05) is 24.3 Å². The Labute approximate surface area is 108 Å². The van der Waals surface area contributed by atoms with E-state index in [-0.39, 0.29) is 11.9 Å². The standard InChI is InChI=1S/C14H21N3O/c1-17-8-4-6-12(10-17)16-14(18)9-11-5-2-3-7-13(11)15/h2-3,5,7,12H,4,6,8-10,15H2,1H3,(H,16,18). The highest BCUT2D eigenvalue weighted by atomic mass is 16.1. The number of para-hydroxylation sites is 1. The third-order valence-corrected chi connectivity index (χ3v) is 3.40. The van der Waals surface area contributed by atoms with Crippen LogP contribution in [0.4, 0.5) is 5.69 Å². The summed E-state index contributed by atoms with van der Waals surface area (Å²) in [6.45, 7) is 2.06. The molecule has 0 saturated carbocycles. The number of nitrogens with one attached hydrogen (secondary N) is 1. The number of nitrogens with zero attached hydrogens (tertiary/aromatic N) is 1. The first-order valence-electron chi connectivity index (χ1n) is 6.46. The van der Waals surface area contributed by atoms with Gasteiger partial charge in [-0.1, -0.05) is 18.2 Å². The van der Waals surface area contributed by atoms with Crippen LogP contribution in [-0.2, 0) is 11.2 Å². The largest absolute Gasteiger partial charge is 0.398 e. The molecule has 0 spiro atoms. The van der Waals surface area contributed by atoms with Gasteiger partial charge < -0.3 is 16.0 Å². The topological polar surface area (TPSA) is 58.4 Å². The van der Waals surface area contributed by atoms with Crippen molar-refractivity contribution in [1.82, 2.24) is 10.2 Å². The zero-order valence-corrected chi connectivity index (χ0v) is 10.9. The Bertz CT molecular complexity index is 419. The maximum Gasteiger partial charge on any atom is 0.224 e. The lowest BCUT2D eigenvalue weighted by molar-refractivity contribution is -0.121. The molecule has 1 aliphatic heterocycles. The molecular formula is C14H21N3O. The Hall–Kier alpha value is -1.55. The number of carbonyl (C=O) groups is 1. The van der Waals surface area contributed by atoms with E-state index >= 15 is 0 Å². The molecule has 1 unspecified atom stereocenters. The molecule has 0 aromatic heterocycles. The highest BCUT2D eigenvalue weighted by Gasteiger charge is 2.19. The van der Waals surface area contributed by atoms with Crippen molar-refractivity contribution < 1.29 is 4.79 Å². The van der Waals surface area contributed by atoms with Crippen molar-refractivity contribution in [2.45, 2.75) is 25.3 Å². The number of rotatable bonds is 3. The molecule has 1 amide bonds. The number of amides is 1. The highest BCUT2D eigenvalue weighted by molar-refractivity contribution is 5.80. The second-order valence-corrected chi connectivity index (χ2v) is 5.04. The van der Waals surface area contributed by atoms with Crippen molar-refractivity contribution in [3.63, 3.8) is 0 Å². The third-order valence-electron chi connectivity index (χ3n) is 3.40. The molecule has 1 aromatic rings. The number of hydrogen-bond donors (Lipinski definition) is 2. The lowest BCUT2D eigenvalue weighted by atomic mass is 10.1. The summed E-state index contributed by atoms with van der Waals surface area (Å²) in [7, 11) is 2.09. The molecule has 1 heterocycles. The molecule has 1 saturated heterocycles. The van der Waals surface area contributed by atoms with Crippen molar-refractivity contribution in [3.8, 4) is 0 Å². The monoisotopic (exact) mass is 247 g/mol. The average molecular weight is 247 g/mol. The van der Waals surface area contributed by atoms with Gasteiger partial charge in [-0.3, -0.25) is 4.79 Å². The molecule has 2 rings (SSSR count). The number of piperidine rings is 1. The fraction of sp³-hybridized carbons (Fsp3) is 0.500. The van der Waals surface area contributed by atoms with Crippen LogP contribution in [0.3, 0.4) is 0 Å². The van der Waals surface area contributed by atoms with Crippen molar-refractivity contribution >= 4 is 11.6 Å². The molecule has 1 atom stereocenters. The van der Waals surface area contributed by atoms with Crippen LogP contribution >= 0.6 is 0 Å². The first-order valence-corrected chi connectivity index (χ1v) is 6.46. The SMILES string of the molecule is CN1CCCC(NC(=O)Cc2ccccc2N)C1. The summed E-state index contributed by atoms with van der Waals surface area (Å²) in [6, 6.07) is 7.81. The third kappa shape index (κ3) is 3.47. The van der Waals surface area contributed by atoms with Gasteiger partial charge >= 0.3 is 0 Å². The summed E-state index contributed by atoms with van der Waals surface area (Å²) in [6.07, 6.45) is 2.59. The van der Waals surface area contributed by atoms with Gasteiger partial charge in [-0.25, -0.2) is 0 Å². The van der Waals surface area contributed by atoms with Crippen LogP contribution in [0.1, 0.15) is 18.4 Å². The van der Waals surface area contributed by atoms with Gasteiger partial charge in [-0.05, 0) is 38.1 Å². The van der Waals surface area contributed by atoms with Crippen molar-refractivity contribution in [3.05, 3.63) is 29.8 Å². The van der Waals surface area contributed by atoms with Gasteiger partial charge in [-0.2, -0.15) is 0 Å². The summed E-state index contributed by atoms with van der Waals surface area (Å²) >= 11 is 0. The maximum absolute atomic E-state index is 12.0. The molecule has 4 nitrogen and oxygen atoms in total. The summed E-state index contributed by atoms with van der Waals surface area (Å²) < 4.78 is 0. The minimum atomic E-state index is 0.0631. The summed E-state index contributed by atoms with van der Waals surface area (Å²) in [5, 5.41) is 3.09. The van der Waals surface area contributed by atoms with Crippen LogP contribution in [0.5, 0.6) is 0 Å². The fourth-order valence-corrected chi connectivity index (χ4v) is 2.43. The molecular weight excluding hydrogens is 226 g/mol. The van der Waals surface area contributed by atoms with E-state index in [0.29, 0.717) is 12.1 Å². The van der Waals surface area contributed by atoms with E-state index < -0.39 is 0 Å². The van der Waals surface area contributed by atoms with E-state index in [9.17, 15) is 4.79 Å². The zero-order valence-electron chi connectivity index (χ0n) is 10.9. The Morgan fingerprint density at radius 2 is 2.28 bits per heavy atom. The lowest BCUT2D eigenvalue weighted by Gasteiger charge is -2.30. The maximum atomic E-state index is 12.0. The lowest BCUT2D eigenvalue weighted by Crippen LogP contribution is -2.46. The summed E-state index contributed by atoms with van der Waals surface area (Å²) in [4.78, 5) is 14.2. The second-order valence-electron chi connectivity index (χ2n) is 5.04. The van der Waals surface area contributed by atoms with E-state index in [4.69, 9.17) is 5.73 Å². The number of likely N-dealkylation sites (N-methyl/N-ethyl adjacent to an activating group) is 1. The van der Waals surface area contributed by atoms with E-state index in [1.54, 1.807) is 0 Å². The van der Waals surface area contributed by atoms with Gasteiger partial charge in [0.15, 0.2) is 0 Å². The molecule has 3 N–H and O–H groups in total. The smallest absolute Gasteiger partial charge is 0.224 e. The Balaban J connectivity index is 1.87. The molecule has 18 heavy (non-hydrogen) atoms. The van der Waals surface area contributed by atoms with Crippen molar-refractivity contribution in [2.24, 2.45) is 0 Å². The number of hydrogen-bond acceptors (Lipinski definition) is 3. The van der Waals surface area contributed by atoms with Gasteiger partial charge in [0.05, 0.1) is 6.42 Å². The predicted molar refractivity (Wildman–Crippen MR) is 73.2 cm³/mol. The van der Waals surface area contributed by atoms with Crippen LogP contribution < -0.4 is 11.1 Å². The average Bonchev–Trinajstić information content (AvgIpc) is 2.32. The second kappa shape index (κ2) is 5.87. The van der Waals surface area contributed by atoms with Crippen LogP contribution in [0.15, 0.2) is 24.3 Å². The number of carbonyl (C=O) groups excluding carboxylic acids is 1. The van der Waals surface area contributed by atoms with Gasteiger partial charge in [0.2, 0.25) is 5.91 Å². The molecule has 0 bridgehead atoms. The fourth-order valence-electron chi connectivity index (χ4n) is 2.43. The molecule has 1 aliphatic rings. The minimum Gasteiger partial charge on any atom is -0.398 e. The molecule has 0 aliphatic carbocycles. The van der Waals surface area contributed by atoms with Crippen molar-refractivity contribution in [2.75, 3.05) is 25.9 Å². The minimum absolute atomic E-state index is 0.0631. The Morgan fingerprint density at radius 1 is 1.50 bits per heavy atom. The number of likely N-dealkylation sites (tertiary alicyclic amines) is 1. The highest BCUT2D eigenvalue weighted by Crippen LogP contribution is 2.12. The predicted octanol–water partition coefficient (Wildman–Crippen LogP) is 1.02. The van der Waals surface area contributed by atoms with Crippen LogP contribution in [0.25, 0.3) is 0 Å². The van der Waals surface area contributed by atoms with Gasteiger partial charge in [0, 0.05) is 18.3 Å². The number of nitrogens with two attached hydrogens (primary N) is 1. The molecule has 4 heteroatoms. The zero-order chi connectivity index (χ0) is 13.0. The first kappa shape index (κ1) is 12.9. The number of benzene rings is 1. The summed E-state index contributed by atoms with van der Waals surface area (Å²) in [5.41, 5.74) is 7.43. The van der Waals surface area contributed by atoms with Gasteiger partial charge in [-0.15, -0.1) is 0 Å². The quantitative estimate of drug-likeness (QED) is 0.784. The summed E-state index contributed by atoms with van der Waals surface area (Å²) in [5.74, 6) is 0.0631. The van der Waals surface area contributed by atoms with Gasteiger partial charge in [0.1, 0.15) is 0 Å².